The van der Waals surface area contributed by atoms with Gasteiger partial charge in [0.25, 0.3) is 5.91 Å². The van der Waals surface area contributed by atoms with Gasteiger partial charge in [-0.2, -0.15) is 5.10 Å². The number of nitrogens with zero attached hydrogens (tertiary/aromatic N) is 4. The van der Waals surface area contributed by atoms with Gasteiger partial charge in [0.15, 0.2) is 0 Å². The number of nitrogens with two attached hydrogens (primary N) is 1. The zero-order chi connectivity index (χ0) is 15.2. The van der Waals surface area contributed by atoms with Gasteiger partial charge in [-0.3, -0.25) is 14.5 Å². The normalized spacial score (nSPS) is 10.3. The van der Waals surface area contributed by atoms with E-state index in [0.29, 0.717) is 30.2 Å². The minimum atomic E-state index is -0.102. The Labute approximate surface area is 128 Å². The van der Waals surface area contributed by atoms with E-state index in [9.17, 15) is 4.79 Å². The van der Waals surface area contributed by atoms with E-state index in [1.807, 2.05) is 12.1 Å². The first-order chi connectivity index (χ1) is 10.1. The van der Waals surface area contributed by atoms with Gasteiger partial charge < -0.3 is 10.6 Å². The lowest BCUT2D eigenvalue weighted by Gasteiger charge is -2.22. The van der Waals surface area contributed by atoms with E-state index in [1.54, 1.807) is 41.3 Å². The largest absolute Gasteiger partial charge is 0.393 e. The summed E-state index contributed by atoms with van der Waals surface area (Å²) in [5, 5.41) is 4.03. The Morgan fingerprint density at radius 1 is 1.43 bits per heavy atom. The Bertz CT molecular complexity index is 625. The van der Waals surface area contributed by atoms with Crippen molar-refractivity contribution in [3.8, 4) is 0 Å². The maximum atomic E-state index is 12.6. The predicted molar refractivity (Wildman–Crippen MR) is 83.6 cm³/mol. The van der Waals surface area contributed by atoms with Gasteiger partial charge in [-0.05, 0) is 17.7 Å². The van der Waals surface area contributed by atoms with Crippen molar-refractivity contribution in [2.24, 2.45) is 12.8 Å². The van der Waals surface area contributed by atoms with Gasteiger partial charge in [0.1, 0.15) is 5.69 Å². The van der Waals surface area contributed by atoms with Crippen LogP contribution < -0.4 is 5.73 Å². The smallest absolute Gasteiger partial charge is 0.272 e. The van der Waals surface area contributed by atoms with E-state index in [0.717, 1.165) is 5.56 Å². The maximum Gasteiger partial charge on any atom is 0.272 e. The summed E-state index contributed by atoms with van der Waals surface area (Å²) in [6.07, 6.45) is 5.53. The van der Waals surface area contributed by atoms with E-state index < -0.39 is 0 Å². The lowest BCUT2D eigenvalue weighted by atomic mass is 10.2. The number of thiocarbonyl (C=S) groups is 1. The number of aryl methyl sites for hydroxylation is 1. The molecule has 2 rings (SSSR count). The summed E-state index contributed by atoms with van der Waals surface area (Å²) in [6, 6.07) is 5.46. The minimum Gasteiger partial charge on any atom is -0.393 e. The van der Waals surface area contributed by atoms with Crippen LogP contribution in [0.15, 0.2) is 36.8 Å². The van der Waals surface area contributed by atoms with Gasteiger partial charge in [0.2, 0.25) is 0 Å². The van der Waals surface area contributed by atoms with Crippen molar-refractivity contribution in [3.05, 3.63) is 48.0 Å². The lowest BCUT2D eigenvalue weighted by Crippen LogP contribution is -2.34. The predicted octanol–water partition coefficient (Wildman–Crippen LogP) is 1.13. The zero-order valence-electron chi connectivity index (χ0n) is 11.8. The molecule has 21 heavy (non-hydrogen) atoms. The van der Waals surface area contributed by atoms with Gasteiger partial charge in [-0.15, -0.1) is 0 Å². The Morgan fingerprint density at radius 3 is 2.81 bits per heavy atom. The monoisotopic (exact) mass is 303 g/mol. The van der Waals surface area contributed by atoms with Crippen LogP contribution in [0.4, 0.5) is 0 Å². The van der Waals surface area contributed by atoms with Crippen LogP contribution in [0.5, 0.6) is 0 Å². The summed E-state index contributed by atoms with van der Waals surface area (Å²) in [4.78, 5) is 18.8. The average molecular weight is 303 g/mol. The molecule has 0 atom stereocenters. The highest BCUT2D eigenvalue weighted by atomic mass is 32.1. The molecule has 0 unspecified atom stereocenters. The molecule has 0 bridgehead atoms. The van der Waals surface area contributed by atoms with Gasteiger partial charge in [-0.1, -0.05) is 18.3 Å². The number of carbonyl (C=O) groups is 1. The molecule has 2 N–H and O–H groups in total. The molecule has 0 spiro atoms. The number of hydrogen-bond donors (Lipinski definition) is 1. The molecule has 0 aliphatic rings. The molecular weight excluding hydrogens is 286 g/mol. The van der Waals surface area contributed by atoms with Crippen molar-refractivity contribution in [1.82, 2.24) is 19.7 Å². The average Bonchev–Trinajstić information content (AvgIpc) is 2.90. The molecule has 0 aliphatic carbocycles. The fourth-order valence-electron chi connectivity index (χ4n) is 1.96. The molecule has 0 aliphatic heterocycles. The summed E-state index contributed by atoms with van der Waals surface area (Å²) in [5.74, 6) is -0.102. The molecule has 110 valence electrons. The third-order valence-corrected chi connectivity index (χ3v) is 3.26. The molecule has 0 saturated carbocycles. The van der Waals surface area contributed by atoms with Crippen molar-refractivity contribution in [2.75, 3.05) is 6.54 Å². The molecule has 0 fully saturated rings. The fraction of sp³-hybridized carbons (Fsp3) is 0.286. The Balaban J connectivity index is 2.17. The van der Waals surface area contributed by atoms with E-state index in [1.165, 1.54) is 0 Å². The summed E-state index contributed by atoms with van der Waals surface area (Å²) < 4.78 is 1.55. The van der Waals surface area contributed by atoms with E-state index in [2.05, 4.69) is 10.1 Å². The first-order valence-electron chi connectivity index (χ1n) is 6.52. The Hall–Kier alpha value is -2.28. The number of amides is 1. The van der Waals surface area contributed by atoms with Gasteiger partial charge in [-0.25, -0.2) is 0 Å². The van der Waals surface area contributed by atoms with Gasteiger partial charge in [0.05, 0.1) is 4.99 Å². The molecule has 6 nitrogen and oxygen atoms in total. The van der Waals surface area contributed by atoms with Crippen LogP contribution in [0.1, 0.15) is 22.5 Å². The first kappa shape index (κ1) is 15.1. The second-order valence-electron chi connectivity index (χ2n) is 4.64. The van der Waals surface area contributed by atoms with Crippen molar-refractivity contribution >= 4 is 23.1 Å². The van der Waals surface area contributed by atoms with E-state index in [4.69, 9.17) is 18.0 Å². The lowest BCUT2D eigenvalue weighted by molar-refractivity contribution is 0.0737. The quantitative estimate of drug-likeness (QED) is 0.810. The van der Waals surface area contributed by atoms with Crippen LogP contribution in [0.3, 0.4) is 0 Å². The summed E-state index contributed by atoms with van der Waals surface area (Å²) >= 11 is 4.90. The SMILES string of the molecule is Cn1nccc1C(=O)N(CCC(N)=S)Cc1cccnc1. The van der Waals surface area contributed by atoms with Crippen LogP contribution in [-0.4, -0.2) is 37.1 Å². The summed E-state index contributed by atoms with van der Waals surface area (Å²) in [5.41, 5.74) is 7.03. The minimum absolute atomic E-state index is 0.102. The van der Waals surface area contributed by atoms with Crippen LogP contribution in [-0.2, 0) is 13.6 Å². The van der Waals surface area contributed by atoms with E-state index in [-0.39, 0.29) is 5.91 Å². The first-order valence-corrected chi connectivity index (χ1v) is 6.93. The van der Waals surface area contributed by atoms with Crippen molar-refractivity contribution in [3.63, 3.8) is 0 Å². The number of aromatic nitrogens is 3. The molecule has 2 heterocycles. The van der Waals surface area contributed by atoms with Gasteiger partial charge >= 0.3 is 0 Å². The molecule has 2 aromatic heterocycles. The molecule has 2 aromatic rings. The van der Waals surface area contributed by atoms with Crippen LogP contribution in [0.25, 0.3) is 0 Å². The second-order valence-corrected chi connectivity index (χ2v) is 5.17. The Kier molecular flexibility index (Phi) is 4.99. The number of hydrogen-bond acceptors (Lipinski definition) is 4. The molecule has 1 amide bonds. The summed E-state index contributed by atoms with van der Waals surface area (Å²) in [6.45, 7) is 0.925. The molecular formula is C14H17N5OS. The maximum absolute atomic E-state index is 12.6. The van der Waals surface area contributed by atoms with Crippen molar-refractivity contribution in [1.29, 1.82) is 0 Å². The zero-order valence-corrected chi connectivity index (χ0v) is 12.6. The molecule has 0 radical (unpaired) electrons. The molecule has 0 aromatic carbocycles. The summed E-state index contributed by atoms with van der Waals surface area (Å²) in [7, 11) is 1.74. The Morgan fingerprint density at radius 2 is 2.24 bits per heavy atom. The van der Waals surface area contributed by atoms with Crippen molar-refractivity contribution in [2.45, 2.75) is 13.0 Å². The van der Waals surface area contributed by atoms with E-state index >= 15 is 0 Å². The third-order valence-electron chi connectivity index (χ3n) is 3.05. The van der Waals surface area contributed by atoms with Crippen molar-refractivity contribution < 1.29 is 4.79 Å². The second kappa shape index (κ2) is 6.94. The number of carbonyl (C=O) groups excluding carboxylic acids is 1. The highest BCUT2D eigenvalue weighted by Gasteiger charge is 2.19. The number of rotatable bonds is 6. The standard InChI is InChI=1S/C14H17N5OS/c1-18-12(4-7-17-18)14(20)19(8-5-13(15)21)10-11-3-2-6-16-9-11/h2-4,6-7,9H,5,8,10H2,1H3,(H2,15,21). The van der Waals surface area contributed by atoms with Crippen LogP contribution >= 0.6 is 12.2 Å². The number of pyridine rings is 1. The van der Waals surface area contributed by atoms with Gasteiger partial charge in [0, 0.05) is 45.1 Å². The highest BCUT2D eigenvalue weighted by molar-refractivity contribution is 7.80. The topological polar surface area (TPSA) is 77.0 Å². The van der Waals surface area contributed by atoms with Crippen LogP contribution in [0.2, 0.25) is 0 Å². The fourth-order valence-corrected chi connectivity index (χ4v) is 2.05. The van der Waals surface area contributed by atoms with Crippen LogP contribution in [0, 0.1) is 0 Å². The third kappa shape index (κ3) is 4.09. The molecule has 0 saturated heterocycles. The highest BCUT2D eigenvalue weighted by Crippen LogP contribution is 2.09. The molecule has 7 heteroatoms.